The van der Waals surface area contributed by atoms with Gasteiger partial charge in [-0.3, -0.25) is 0 Å². The van der Waals surface area contributed by atoms with Crippen LogP contribution in [0.4, 0.5) is 0 Å². The fraction of sp³-hybridized carbons (Fsp3) is 0.500. The summed E-state index contributed by atoms with van der Waals surface area (Å²) in [5, 5.41) is 5.55. The molecule has 1 aromatic heterocycles. The van der Waals surface area contributed by atoms with Crippen LogP contribution in [0.25, 0.3) is 0 Å². The van der Waals surface area contributed by atoms with Crippen molar-refractivity contribution in [2.45, 2.75) is 37.5 Å². The number of rotatable bonds is 7. The summed E-state index contributed by atoms with van der Waals surface area (Å²) in [4.78, 5) is 1.48. The zero-order valence-corrected chi connectivity index (χ0v) is 16.8. The molecule has 0 radical (unpaired) electrons. The Bertz CT molecular complexity index is 660. The van der Waals surface area contributed by atoms with Gasteiger partial charge in [-0.05, 0) is 61.7 Å². The molecule has 0 fully saturated rings. The number of benzene rings is 1. The summed E-state index contributed by atoms with van der Waals surface area (Å²) in [5.41, 5.74) is 2.80. The van der Waals surface area contributed by atoms with E-state index in [0.29, 0.717) is 11.8 Å². The molecule has 0 spiro atoms. The van der Waals surface area contributed by atoms with Crippen LogP contribution in [0.5, 0.6) is 11.5 Å². The van der Waals surface area contributed by atoms with Gasteiger partial charge in [-0.15, -0.1) is 23.7 Å². The van der Waals surface area contributed by atoms with Crippen LogP contribution >= 0.6 is 23.7 Å². The first-order valence-corrected chi connectivity index (χ1v) is 9.58. The molecule has 0 saturated carbocycles. The summed E-state index contributed by atoms with van der Waals surface area (Å²) in [6.45, 7) is 1.03. The van der Waals surface area contributed by atoms with Crippen LogP contribution in [0.15, 0.2) is 29.6 Å². The number of fused-ring (bicyclic) bond motifs is 1. The van der Waals surface area contributed by atoms with Crippen LogP contribution in [0.2, 0.25) is 0 Å². The molecule has 0 saturated heterocycles. The van der Waals surface area contributed by atoms with Crippen molar-refractivity contribution in [1.29, 1.82) is 0 Å². The Kier molecular flexibility index (Phi) is 7.60. The van der Waals surface area contributed by atoms with Gasteiger partial charge in [0.05, 0.1) is 14.2 Å². The van der Waals surface area contributed by atoms with Gasteiger partial charge in [0.1, 0.15) is 0 Å². The lowest BCUT2D eigenvalue weighted by Gasteiger charge is -2.30. The Morgan fingerprint density at radius 2 is 2.08 bits per heavy atom. The lowest BCUT2D eigenvalue weighted by Crippen LogP contribution is -2.21. The second-order valence-electron chi connectivity index (χ2n) is 6.46. The highest BCUT2D eigenvalue weighted by molar-refractivity contribution is 7.10. The fourth-order valence-corrected chi connectivity index (χ4v) is 4.83. The third-order valence-corrected chi connectivity index (χ3v) is 6.10. The Hall–Kier alpha value is -1.23. The number of likely N-dealkylation sites (N-methyl/N-ethyl adjacent to an activating group) is 1. The van der Waals surface area contributed by atoms with Crippen molar-refractivity contribution < 1.29 is 9.47 Å². The molecule has 3 rings (SSSR count). The average molecular weight is 382 g/mol. The van der Waals surface area contributed by atoms with Crippen molar-refractivity contribution in [3.63, 3.8) is 0 Å². The summed E-state index contributed by atoms with van der Waals surface area (Å²) in [6.07, 6.45) is 4.75. The maximum Gasteiger partial charge on any atom is 0.164 e. The van der Waals surface area contributed by atoms with E-state index in [2.05, 4.69) is 35.0 Å². The van der Waals surface area contributed by atoms with Gasteiger partial charge in [0.15, 0.2) is 11.5 Å². The number of hydrogen-bond donors (Lipinski definition) is 1. The van der Waals surface area contributed by atoms with Crippen LogP contribution in [0.3, 0.4) is 0 Å². The maximum absolute atomic E-state index is 5.67. The quantitative estimate of drug-likeness (QED) is 0.732. The monoisotopic (exact) mass is 381 g/mol. The standard InChI is InChI=1S/C20H27NO2S.ClH/c1-21-13-15(19-8-5-11-24-19)12-14-6-4-7-17-16(14)9-10-18(22-2)20(17)23-3;/h5,8-11,14-15,21H,4,6-7,12-13H2,1-3H3;1H. The maximum atomic E-state index is 5.67. The fourth-order valence-electron chi connectivity index (χ4n) is 3.99. The smallest absolute Gasteiger partial charge is 0.164 e. The lowest BCUT2D eigenvalue weighted by atomic mass is 9.77. The molecule has 0 amide bonds. The molecule has 1 aliphatic carbocycles. The second-order valence-corrected chi connectivity index (χ2v) is 7.44. The minimum Gasteiger partial charge on any atom is -0.493 e. The first kappa shape index (κ1) is 20.1. The Balaban J connectivity index is 0.00000225. The molecule has 1 aromatic carbocycles. The Morgan fingerprint density at radius 3 is 2.72 bits per heavy atom. The molecule has 2 atom stereocenters. The van der Waals surface area contributed by atoms with E-state index in [1.165, 1.54) is 35.3 Å². The van der Waals surface area contributed by atoms with Crippen LogP contribution in [0, 0.1) is 0 Å². The molecule has 138 valence electrons. The second kappa shape index (κ2) is 9.46. The van der Waals surface area contributed by atoms with E-state index in [0.717, 1.165) is 24.5 Å². The first-order valence-electron chi connectivity index (χ1n) is 8.70. The van der Waals surface area contributed by atoms with Gasteiger partial charge in [0.2, 0.25) is 0 Å². The third-order valence-electron chi connectivity index (χ3n) is 5.07. The van der Waals surface area contributed by atoms with Gasteiger partial charge < -0.3 is 14.8 Å². The molecule has 0 aliphatic heterocycles. The Labute approximate surface area is 161 Å². The highest BCUT2D eigenvalue weighted by Gasteiger charge is 2.27. The normalized spacial score (nSPS) is 17.3. The van der Waals surface area contributed by atoms with Crippen molar-refractivity contribution in [1.82, 2.24) is 5.32 Å². The van der Waals surface area contributed by atoms with Crippen molar-refractivity contribution >= 4 is 23.7 Å². The molecule has 0 bridgehead atoms. The SMILES string of the molecule is CNCC(CC1CCCc2c1ccc(OC)c2OC)c1cccs1.Cl. The molecule has 5 heteroatoms. The van der Waals surface area contributed by atoms with Gasteiger partial charge in [-0.25, -0.2) is 0 Å². The number of hydrogen-bond acceptors (Lipinski definition) is 4. The van der Waals surface area contributed by atoms with E-state index in [-0.39, 0.29) is 12.4 Å². The molecule has 1 aliphatic rings. The van der Waals surface area contributed by atoms with Crippen LogP contribution in [-0.4, -0.2) is 27.8 Å². The van der Waals surface area contributed by atoms with Crippen molar-refractivity contribution in [2.24, 2.45) is 0 Å². The highest BCUT2D eigenvalue weighted by atomic mass is 35.5. The molecule has 3 nitrogen and oxygen atoms in total. The summed E-state index contributed by atoms with van der Waals surface area (Å²) in [6, 6.07) is 8.75. The third kappa shape index (κ3) is 4.30. The van der Waals surface area contributed by atoms with E-state index in [9.17, 15) is 0 Å². The van der Waals surface area contributed by atoms with Crippen molar-refractivity contribution in [2.75, 3.05) is 27.8 Å². The minimum atomic E-state index is 0. The zero-order valence-electron chi connectivity index (χ0n) is 15.2. The van der Waals surface area contributed by atoms with Gasteiger partial charge in [0.25, 0.3) is 0 Å². The van der Waals surface area contributed by atoms with Gasteiger partial charge in [-0.2, -0.15) is 0 Å². The van der Waals surface area contributed by atoms with E-state index < -0.39 is 0 Å². The topological polar surface area (TPSA) is 30.5 Å². The molecule has 1 N–H and O–H groups in total. The van der Waals surface area contributed by atoms with Crippen LogP contribution in [0.1, 0.15) is 47.1 Å². The molecule has 2 aromatic rings. The first-order chi connectivity index (χ1) is 11.8. The number of nitrogens with one attached hydrogen (secondary N) is 1. The largest absolute Gasteiger partial charge is 0.493 e. The average Bonchev–Trinajstić information content (AvgIpc) is 3.15. The highest BCUT2D eigenvalue weighted by Crippen LogP contribution is 2.45. The van der Waals surface area contributed by atoms with E-state index >= 15 is 0 Å². The van der Waals surface area contributed by atoms with Crippen LogP contribution in [-0.2, 0) is 6.42 Å². The van der Waals surface area contributed by atoms with Gasteiger partial charge in [-0.1, -0.05) is 12.1 Å². The molecular weight excluding hydrogens is 354 g/mol. The molecule has 2 unspecified atom stereocenters. The van der Waals surface area contributed by atoms with Crippen molar-refractivity contribution in [3.05, 3.63) is 45.6 Å². The van der Waals surface area contributed by atoms with Crippen molar-refractivity contribution in [3.8, 4) is 11.5 Å². The summed E-state index contributed by atoms with van der Waals surface area (Å²) in [5.74, 6) is 2.94. The summed E-state index contributed by atoms with van der Waals surface area (Å²) in [7, 11) is 5.50. The predicted octanol–water partition coefficient (Wildman–Crippen LogP) is 5.00. The molecule has 25 heavy (non-hydrogen) atoms. The van der Waals surface area contributed by atoms with E-state index in [1.54, 1.807) is 14.2 Å². The molecular formula is C20H28ClNO2S. The summed E-state index contributed by atoms with van der Waals surface area (Å²) >= 11 is 1.87. The number of ether oxygens (including phenoxy) is 2. The minimum absolute atomic E-state index is 0. The summed E-state index contributed by atoms with van der Waals surface area (Å²) < 4.78 is 11.2. The van der Waals surface area contributed by atoms with Gasteiger partial charge >= 0.3 is 0 Å². The van der Waals surface area contributed by atoms with Crippen LogP contribution < -0.4 is 14.8 Å². The van der Waals surface area contributed by atoms with Gasteiger partial charge in [0, 0.05) is 22.9 Å². The molecule has 1 heterocycles. The zero-order chi connectivity index (χ0) is 16.9. The number of methoxy groups -OCH3 is 2. The number of halogens is 1. The number of thiophene rings is 1. The Morgan fingerprint density at radius 1 is 1.24 bits per heavy atom. The van der Waals surface area contributed by atoms with E-state index in [1.807, 2.05) is 18.4 Å². The predicted molar refractivity (Wildman–Crippen MR) is 108 cm³/mol. The lowest BCUT2D eigenvalue weighted by molar-refractivity contribution is 0.346. The van der Waals surface area contributed by atoms with E-state index in [4.69, 9.17) is 9.47 Å².